The molecule has 1 aliphatic rings. The van der Waals surface area contributed by atoms with Crippen molar-refractivity contribution in [2.45, 2.75) is 19.9 Å². The molecule has 6 nitrogen and oxygen atoms in total. The van der Waals surface area contributed by atoms with Crippen LogP contribution in [0.5, 0.6) is 0 Å². The third-order valence-corrected chi connectivity index (χ3v) is 5.00. The number of aryl methyl sites for hydroxylation is 3. The van der Waals surface area contributed by atoms with Gasteiger partial charge in [0.25, 0.3) is 5.91 Å². The third-order valence-electron chi connectivity index (χ3n) is 3.99. The van der Waals surface area contributed by atoms with Gasteiger partial charge < -0.3 is 10.2 Å². The highest BCUT2D eigenvalue weighted by atomic mass is 32.2. The largest absolute Gasteiger partial charge is 0.324 e. The predicted molar refractivity (Wildman–Crippen MR) is 95.0 cm³/mol. The number of hydrogen-bond acceptors (Lipinski definition) is 4. The molecule has 0 radical (unpaired) electrons. The quantitative estimate of drug-likeness (QED) is 0.927. The van der Waals surface area contributed by atoms with E-state index in [0.717, 1.165) is 16.9 Å². The molecular formula is C17H20N4O2S. The Balaban J connectivity index is 1.75. The smallest absolute Gasteiger partial charge is 0.273 e. The van der Waals surface area contributed by atoms with Crippen molar-refractivity contribution in [1.82, 2.24) is 14.7 Å². The van der Waals surface area contributed by atoms with Gasteiger partial charge in [0.2, 0.25) is 5.91 Å². The lowest BCUT2D eigenvalue weighted by atomic mass is 10.2. The maximum Gasteiger partial charge on any atom is 0.273 e. The van der Waals surface area contributed by atoms with Gasteiger partial charge in [-0.05, 0) is 32.0 Å². The summed E-state index contributed by atoms with van der Waals surface area (Å²) in [6, 6.07) is 8.90. The minimum Gasteiger partial charge on any atom is -0.324 e. The molecule has 126 valence electrons. The lowest BCUT2D eigenvalue weighted by Gasteiger charge is -2.23. The Bertz CT molecular complexity index is 769. The summed E-state index contributed by atoms with van der Waals surface area (Å²) in [7, 11) is 1.74. The van der Waals surface area contributed by atoms with Gasteiger partial charge in [-0.2, -0.15) is 5.10 Å². The van der Waals surface area contributed by atoms with Gasteiger partial charge in [0.15, 0.2) is 0 Å². The number of rotatable bonds is 3. The second kappa shape index (κ2) is 6.68. The molecule has 1 fully saturated rings. The average molecular weight is 344 g/mol. The van der Waals surface area contributed by atoms with E-state index in [0.29, 0.717) is 17.3 Å². The van der Waals surface area contributed by atoms with Crippen molar-refractivity contribution in [3.63, 3.8) is 0 Å². The maximum absolute atomic E-state index is 12.8. The molecule has 2 amide bonds. The highest BCUT2D eigenvalue weighted by Crippen LogP contribution is 2.24. The second-order valence-corrected chi connectivity index (χ2v) is 6.94. The van der Waals surface area contributed by atoms with Gasteiger partial charge >= 0.3 is 0 Å². The van der Waals surface area contributed by atoms with Crippen LogP contribution in [0.1, 0.15) is 21.7 Å². The summed E-state index contributed by atoms with van der Waals surface area (Å²) < 4.78 is 1.57. The van der Waals surface area contributed by atoms with Crippen LogP contribution in [0.25, 0.3) is 0 Å². The molecule has 1 N–H and O–H groups in total. The molecule has 1 aromatic heterocycles. The lowest BCUT2D eigenvalue weighted by Crippen LogP contribution is -2.45. The minimum atomic E-state index is -0.473. The zero-order valence-corrected chi connectivity index (χ0v) is 14.8. The lowest BCUT2D eigenvalue weighted by molar-refractivity contribution is -0.119. The Morgan fingerprint density at radius 1 is 1.25 bits per heavy atom. The van der Waals surface area contributed by atoms with Crippen LogP contribution in [0.4, 0.5) is 5.69 Å². The van der Waals surface area contributed by atoms with Crippen LogP contribution >= 0.6 is 11.8 Å². The summed E-state index contributed by atoms with van der Waals surface area (Å²) in [4.78, 5) is 27.0. The molecule has 0 bridgehead atoms. The van der Waals surface area contributed by atoms with Crippen molar-refractivity contribution < 1.29 is 9.59 Å². The first-order valence-corrected chi connectivity index (χ1v) is 8.88. The standard InChI is InChI=1S/C17H20N4O2S/c1-11-4-6-13(7-5-11)18-16(22)15-9-24-10-21(15)17(23)14-8-12(2)19-20(14)3/h4-8,15H,9-10H2,1-3H3,(H,18,22). The van der Waals surface area contributed by atoms with Crippen LogP contribution in [-0.2, 0) is 11.8 Å². The maximum atomic E-state index is 12.8. The summed E-state index contributed by atoms with van der Waals surface area (Å²) in [5.74, 6) is 0.790. The fourth-order valence-electron chi connectivity index (χ4n) is 2.68. The van der Waals surface area contributed by atoms with Crippen molar-refractivity contribution in [3.8, 4) is 0 Å². The highest BCUT2D eigenvalue weighted by molar-refractivity contribution is 7.99. The van der Waals surface area contributed by atoms with Crippen LogP contribution in [0.2, 0.25) is 0 Å². The fraction of sp³-hybridized carbons (Fsp3) is 0.353. The molecular weight excluding hydrogens is 324 g/mol. The summed E-state index contributed by atoms with van der Waals surface area (Å²) in [5, 5.41) is 7.11. The van der Waals surface area contributed by atoms with Gasteiger partial charge in [0.1, 0.15) is 11.7 Å². The number of carbonyl (C=O) groups excluding carboxylic acids is 2. The molecule has 2 heterocycles. The van der Waals surface area contributed by atoms with E-state index >= 15 is 0 Å². The van der Waals surface area contributed by atoms with E-state index in [1.54, 1.807) is 34.5 Å². The molecule has 3 rings (SSSR count). The number of nitrogens with zero attached hydrogens (tertiary/aromatic N) is 3. The molecule has 1 aromatic carbocycles. The Kier molecular flexibility index (Phi) is 4.62. The number of hydrogen-bond donors (Lipinski definition) is 1. The number of nitrogens with one attached hydrogen (secondary N) is 1. The number of anilines is 1. The first-order chi connectivity index (χ1) is 11.5. The minimum absolute atomic E-state index is 0.156. The van der Waals surface area contributed by atoms with Gasteiger partial charge in [-0.15, -0.1) is 11.8 Å². The Labute approximate surface area is 145 Å². The molecule has 0 saturated carbocycles. The summed E-state index contributed by atoms with van der Waals surface area (Å²) >= 11 is 1.58. The van der Waals surface area contributed by atoms with Gasteiger partial charge in [-0.3, -0.25) is 14.3 Å². The van der Waals surface area contributed by atoms with E-state index in [2.05, 4.69) is 10.4 Å². The van der Waals surface area contributed by atoms with Gasteiger partial charge in [0.05, 0.1) is 11.6 Å². The topological polar surface area (TPSA) is 67.2 Å². The first-order valence-electron chi connectivity index (χ1n) is 7.72. The number of amides is 2. The monoisotopic (exact) mass is 344 g/mol. The molecule has 2 aromatic rings. The van der Waals surface area contributed by atoms with Crippen molar-refractivity contribution in [3.05, 3.63) is 47.3 Å². The molecule has 1 atom stereocenters. The van der Waals surface area contributed by atoms with Crippen LogP contribution < -0.4 is 5.32 Å². The van der Waals surface area contributed by atoms with Gasteiger partial charge in [-0.1, -0.05) is 17.7 Å². The molecule has 7 heteroatoms. The van der Waals surface area contributed by atoms with E-state index < -0.39 is 6.04 Å². The summed E-state index contributed by atoms with van der Waals surface area (Å²) in [5.41, 5.74) is 3.16. The first kappa shape index (κ1) is 16.6. The van der Waals surface area contributed by atoms with Crippen LogP contribution in [0, 0.1) is 13.8 Å². The zero-order chi connectivity index (χ0) is 17.3. The number of thioether (sulfide) groups is 1. The predicted octanol–water partition coefficient (Wildman–Crippen LogP) is 2.19. The second-order valence-electron chi connectivity index (χ2n) is 5.94. The fourth-order valence-corrected chi connectivity index (χ4v) is 3.83. The molecule has 1 unspecified atom stereocenters. The highest BCUT2D eigenvalue weighted by Gasteiger charge is 2.36. The molecule has 1 saturated heterocycles. The van der Waals surface area contributed by atoms with E-state index in [1.165, 1.54) is 0 Å². The Hall–Kier alpha value is -2.28. The SMILES string of the molecule is Cc1ccc(NC(=O)C2CSCN2C(=O)c2cc(C)nn2C)cc1. The third kappa shape index (κ3) is 3.31. The molecule has 0 spiro atoms. The summed E-state index contributed by atoms with van der Waals surface area (Å²) in [6.07, 6.45) is 0. The van der Waals surface area contributed by atoms with Crippen molar-refractivity contribution >= 4 is 29.3 Å². The molecule has 24 heavy (non-hydrogen) atoms. The van der Waals surface area contributed by atoms with E-state index in [-0.39, 0.29) is 11.8 Å². The summed E-state index contributed by atoms with van der Waals surface area (Å²) in [6.45, 7) is 3.84. The van der Waals surface area contributed by atoms with Crippen LogP contribution in [0.3, 0.4) is 0 Å². The van der Waals surface area contributed by atoms with E-state index in [4.69, 9.17) is 0 Å². The number of benzene rings is 1. The Morgan fingerprint density at radius 2 is 1.96 bits per heavy atom. The molecule has 0 aliphatic carbocycles. The van der Waals surface area contributed by atoms with Gasteiger partial charge in [0, 0.05) is 18.5 Å². The zero-order valence-electron chi connectivity index (χ0n) is 13.9. The average Bonchev–Trinajstić information content (AvgIpc) is 3.15. The van der Waals surface area contributed by atoms with Crippen LogP contribution in [-0.4, -0.2) is 44.2 Å². The van der Waals surface area contributed by atoms with Crippen LogP contribution in [0.15, 0.2) is 30.3 Å². The van der Waals surface area contributed by atoms with Crippen molar-refractivity contribution in [2.75, 3.05) is 16.9 Å². The number of aromatic nitrogens is 2. The van der Waals surface area contributed by atoms with E-state index in [1.807, 2.05) is 38.1 Å². The molecule has 1 aliphatic heterocycles. The number of carbonyl (C=O) groups is 2. The van der Waals surface area contributed by atoms with Crippen molar-refractivity contribution in [2.24, 2.45) is 7.05 Å². The van der Waals surface area contributed by atoms with Gasteiger partial charge in [-0.25, -0.2) is 0 Å². The van der Waals surface area contributed by atoms with Crippen molar-refractivity contribution in [1.29, 1.82) is 0 Å². The normalized spacial score (nSPS) is 17.1. The Morgan fingerprint density at radius 3 is 2.58 bits per heavy atom. The van der Waals surface area contributed by atoms with E-state index in [9.17, 15) is 9.59 Å².